The first kappa shape index (κ1) is 13.2. The third-order valence-electron chi connectivity index (χ3n) is 2.02. The normalized spacial score (nSPS) is 9.71. The van der Waals surface area contributed by atoms with Crippen LogP contribution in [-0.4, -0.2) is 17.1 Å². The van der Waals surface area contributed by atoms with Crippen molar-refractivity contribution in [3.8, 4) is 0 Å². The predicted octanol–water partition coefficient (Wildman–Crippen LogP) is 1.27. The lowest BCUT2D eigenvalue weighted by Gasteiger charge is -2.07. The Bertz CT molecular complexity index is 460. The van der Waals surface area contributed by atoms with Crippen LogP contribution in [0.5, 0.6) is 0 Å². The molecule has 17 heavy (non-hydrogen) atoms. The van der Waals surface area contributed by atoms with E-state index in [-0.39, 0.29) is 18.4 Å². The van der Waals surface area contributed by atoms with E-state index in [1.165, 1.54) is 6.07 Å². The van der Waals surface area contributed by atoms with E-state index in [1.54, 1.807) is 18.2 Å². The van der Waals surface area contributed by atoms with Crippen molar-refractivity contribution in [2.75, 3.05) is 5.32 Å². The van der Waals surface area contributed by atoms with Crippen molar-refractivity contribution in [1.82, 2.24) is 0 Å². The zero-order valence-electron chi connectivity index (χ0n) is 8.90. The van der Waals surface area contributed by atoms with Crippen molar-refractivity contribution in [2.24, 2.45) is 5.73 Å². The summed E-state index contributed by atoms with van der Waals surface area (Å²) in [5, 5.41) is 1.92. The SMILES string of the molecule is NC(=O)c1ccccc1NC(=O)CCC(=O)Cl. The molecule has 0 aliphatic carbocycles. The summed E-state index contributed by atoms with van der Waals surface area (Å²) in [6.45, 7) is 0. The summed E-state index contributed by atoms with van der Waals surface area (Å²) in [4.78, 5) is 33.0. The lowest BCUT2D eigenvalue weighted by Crippen LogP contribution is -2.18. The molecule has 0 saturated heterocycles. The van der Waals surface area contributed by atoms with E-state index in [1.807, 2.05) is 0 Å². The molecule has 0 heterocycles. The molecule has 0 atom stereocenters. The van der Waals surface area contributed by atoms with Gasteiger partial charge in [-0.2, -0.15) is 0 Å². The fourth-order valence-corrected chi connectivity index (χ4v) is 1.33. The monoisotopic (exact) mass is 254 g/mol. The number of hydrogen-bond acceptors (Lipinski definition) is 3. The zero-order valence-corrected chi connectivity index (χ0v) is 9.66. The highest BCUT2D eigenvalue weighted by molar-refractivity contribution is 6.63. The molecular formula is C11H11ClN2O3. The van der Waals surface area contributed by atoms with Crippen molar-refractivity contribution >= 4 is 34.3 Å². The van der Waals surface area contributed by atoms with Gasteiger partial charge in [0.2, 0.25) is 11.1 Å². The van der Waals surface area contributed by atoms with Crippen molar-refractivity contribution in [3.05, 3.63) is 29.8 Å². The van der Waals surface area contributed by atoms with Crippen LogP contribution in [0.4, 0.5) is 5.69 Å². The Morgan fingerprint density at radius 3 is 2.41 bits per heavy atom. The second-order valence-corrected chi connectivity index (χ2v) is 3.73. The molecular weight excluding hydrogens is 244 g/mol. The molecule has 0 spiro atoms. The van der Waals surface area contributed by atoms with Gasteiger partial charge in [-0.3, -0.25) is 14.4 Å². The van der Waals surface area contributed by atoms with Crippen LogP contribution in [0, 0.1) is 0 Å². The summed E-state index contributed by atoms with van der Waals surface area (Å²) in [6.07, 6.45) is -0.0818. The van der Waals surface area contributed by atoms with Gasteiger partial charge < -0.3 is 11.1 Å². The third-order valence-corrected chi connectivity index (χ3v) is 2.20. The highest BCUT2D eigenvalue weighted by Crippen LogP contribution is 2.14. The molecule has 6 heteroatoms. The zero-order chi connectivity index (χ0) is 12.8. The van der Waals surface area contributed by atoms with Crippen LogP contribution in [0.1, 0.15) is 23.2 Å². The fraction of sp³-hybridized carbons (Fsp3) is 0.182. The minimum Gasteiger partial charge on any atom is -0.366 e. The van der Waals surface area contributed by atoms with Gasteiger partial charge in [-0.1, -0.05) is 12.1 Å². The lowest BCUT2D eigenvalue weighted by atomic mass is 10.1. The molecule has 1 aromatic carbocycles. The average molecular weight is 255 g/mol. The number of carbonyl (C=O) groups is 3. The van der Waals surface area contributed by atoms with Crippen LogP contribution in [0.25, 0.3) is 0 Å². The first-order valence-corrected chi connectivity index (χ1v) is 5.25. The molecule has 0 bridgehead atoms. The Hall–Kier alpha value is -1.88. The molecule has 0 aliphatic heterocycles. The second kappa shape index (κ2) is 6.00. The Balaban J connectivity index is 2.71. The second-order valence-electron chi connectivity index (χ2n) is 3.31. The Kier molecular flexibility index (Phi) is 4.66. The van der Waals surface area contributed by atoms with Gasteiger partial charge in [0.05, 0.1) is 11.3 Å². The Morgan fingerprint density at radius 1 is 1.18 bits per heavy atom. The van der Waals surface area contributed by atoms with E-state index in [2.05, 4.69) is 5.32 Å². The summed E-state index contributed by atoms with van der Waals surface area (Å²) in [5.41, 5.74) is 5.69. The topological polar surface area (TPSA) is 89.3 Å². The van der Waals surface area contributed by atoms with Crippen LogP contribution >= 0.6 is 11.6 Å². The fourth-order valence-electron chi connectivity index (χ4n) is 1.23. The number of primary amides is 1. The number of carbonyl (C=O) groups excluding carboxylic acids is 3. The van der Waals surface area contributed by atoms with Crippen molar-refractivity contribution in [1.29, 1.82) is 0 Å². The standard InChI is InChI=1S/C11H11ClN2O3/c12-9(15)5-6-10(16)14-8-4-2-1-3-7(8)11(13)17/h1-4H,5-6H2,(H2,13,17)(H,14,16). The van der Waals surface area contributed by atoms with Crippen LogP contribution in [-0.2, 0) is 9.59 Å². The van der Waals surface area contributed by atoms with E-state index < -0.39 is 17.1 Å². The largest absolute Gasteiger partial charge is 0.366 e. The van der Waals surface area contributed by atoms with Gasteiger partial charge in [0, 0.05) is 12.8 Å². The first-order valence-electron chi connectivity index (χ1n) is 4.87. The Labute approximate surface area is 103 Å². The highest BCUT2D eigenvalue weighted by atomic mass is 35.5. The molecule has 0 aliphatic rings. The molecule has 0 radical (unpaired) electrons. The maximum atomic E-state index is 11.4. The van der Waals surface area contributed by atoms with Gasteiger partial charge in [-0.15, -0.1) is 0 Å². The van der Waals surface area contributed by atoms with Gasteiger partial charge in [0.1, 0.15) is 0 Å². The molecule has 90 valence electrons. The van der Waals surface area contributed by atoms with Gasteiger partial charge in [-0.25, -0.2) is 0 Å². The number of rotatable bonds is 5. The smallest absolute Gasteiger partial charge is 0.250 e. The van der Waals surface area contributed by atoms with Gasteiger partial charge in [-0.05, 0) is 23.7 Å². The summed E-state index contributed by atoms with van der Waals surface area (Å²) in [7, 11) is 0. The quantitative estimate of drug-likeness (QED) is 0.776. The summed E-state index contributed by atoms with van der Waals surface area (Å²) >= 11 is 5.11. The molecule has 0 aromatic heterocycles. The lowest BCUT2D eigenvalue weighted by molar-refractivity contribution is -0.119. The Morgan fingerprint density at radius 2 is 1.82 bits per heavy atom. The summed E-state index contributed by atoms with van der Waals surface area (Å²) in [5.74, 6) is -1.03. The molecule has 2 amide bonds. The molecule has 0 fully saturated rings. The molecule has 5 nitrogen and oxygen atoms in total. The van der Waals surface area contributed by atoms with Gasteiger partial charge in [0.15, 0.2) is 0 Å². The molecule has 3 N–H and O–H groups in total. The van der Waals surface area contributed by atoms with Crippen molar-refractivity contribution in [2.45, 2.75) is 12.8 Å². The van der Waals surface area contributed by atoms with Gasteiger partial charge in [0.25, 0.3) is 5.91 Å². The maximum absolute atomic E-state index is 11.4. The first-order chi connectivity index (χ1) is 8.00. The number of nitrogens with two attached hydrogens (primary N) is 1. The van der Waals surface area contributed by atoms with Crippen LogP contribution < -0.4 is 11.1 Å². The van der Waals surface area contributed by atoms with Crippen LogP contribution in [0.15, 0.2) is 24.3 Å². The number of para-hydroxylation sites is 1. The van der Waals surface area contributed by atoms with Crippen molar-refractivity contribution < 1.29 is 14.4 Å². The van der Waals surface area contributed by atoms with E-state index >= 15 is 0 Å². The number of amides is 2. The predicted molar refractivity (Wildman–Crippen MR) is 63.7 cm³/mol. The minimum atomic E-state index is -0.630. The minimum absolute atomic E-state index is 0.0323. The number of halogens is 1. The van der Waals surface area contributed by atoms with Crippen LogP contribution in [0.2, 0.25) is 0 Å². The van der Waals surface area contributed by atoms with Gasteiger partial charge >= 0.3 is 0 Å². The number of anilines is 1. The number of benzene rings is 1. The van der Waals surface area contributed by atoms with Crippen LogP contribution in [0.3, 0.4) is 0 Å². The molecule has 0 saturated carbocycles. The van der Waals surface area contributed by atoms with Crippen molar-refractivity contribution in [3.63, 3.8) is 0 Å². The average Bonchev–Trinajstić information content (AvgIpc) is 2.27. The summed E-state index contributed by atoms with van der Waals surface area (Å²) < 4.78 is 0. The van der Waals surface area contributed by atoms with E-state index in [4.69, 9.17) is 17.3 Å². The van der Waals surface area contributed by atoms with E-state index in [0.29, 0.717) is 5.69 Å². The maximum Gasteiger partial charge on any atom is 0.250 e. The van der Waals surface area contributed by atoms with E-state index in [9.17, 15) is 14.4 Å². The number of hydrogen-bond donors (Lipinski definition) is 2. The molecule has 0 unspecified atom stereocenters. The number of nitrogens with one attached hydrogen (secondary N) is 1. The highest BCUT2D eigenvalue weighted by Gasteiger charge is 2.10. The summed E-state index contributed by atoms with van der Waals surface area (Å²) in [6, 6.07) is 6.36. The molecule has 1 rings (SSSR count). The molecule has 1 aromatic rings. The van der Waals surface area contributed by atoms with E-state index in [0.717, 1.165) is 0 Å². The third kappa shape index (κ3) is 4.24.